The number of benzene rings is 2. The van der Waals surface area contributed by atoms with Gasteiger partial charge in [0.2, 0.25) is 0 Å². The summed E-state index contributed by atoms with van der Waals surface area (Å²) in [6.07, 6.45) is 2.18. The Morgan fingerprint density at radius 2 is 2.09 bits per heavy atom. The van der Waals surface area contributed by atoms with Gasteiger partial charge in [0.15, 0.2) is 5.65 Å². The highest BCUT2D eigenvalue weighted by molar-refractivity contribution is 6.05. The average molecular weight is 467 g/mol. The van der Waals surface area contributed by atoms with E-state index in [1.54, 1.807) is 22.7 Å². The van der Waals surface area contributed by atoms with Crippen LogP contribution < -0.4 is 15.4 Å². The summed E-state index contributed by atoms with van der Waals surface area (Å²) >= 11 is 0. The van der Waals surface area contributed by atoms with Gasteiger partial charge < -0.3 is 19.8 Å². The van der Waals surface area contributed by atoms with Crippen molar-refractivity contribution in [1.29, 1.82) is 0 Å². The highest BCUT2D eigenvalue weighted by atomic mass is 19.4. The van der Waals surface area contributed by atoms with Crippen LogP contribution in [0.25, 0.3) is 5.65 Å². The molecule has 174 valence electrons. The monoisotopic (exact) mass is 467 g/mol. The molecule has 5 rings (SSSR count). The fourth-order valence-electron chi connectivity index (χ4n) is 4.24. The number of imidazole rings is 1. The molecule has 0 bridgehead atoms. The maximum Gasteiger partial charge on any atom is 0.420 e. The van der Waals surface area contributed by atoms with E-state index in [0.29, 0.717) is 16.9 Å². The van der Waals surface area contributed by atoms with E-state index in [-0.39, 0.29) is 23.4 Å². The first-order chi connectivity index (χ1) is 16.3. The van der Waals surface area contributed by atoms with E-state index in [0.717, 1.165) is 24.2 Å². The zero-order chi connectivity index (χ0) is 23.9. The number of hydrogen-bond acceptors (Lipinski definition) is 5. The lowest BCUT2D eigenvalue weighted by atomic mass is 9.98. The predicted molar refractivity (Wildman–Crippen MR) is 120 cm³/mol. The molecule has 0 fully saturated rings. The number of aromatic nitrogens is 3. The molecule has 1 aliphatic heterocycles. The third kappa shape index (κ3) is 3.91. The first-order valence-electron chi connectivity index (χ1n) is 10.6. The number of fused-ring (bicyclic) bond motifs is 2. The molecule has 0 saturated heterocycles. The van der Waals surface area contributed by atoms with Gasteiger partial charge in [0, 0.05) is 54.2 Å². The van der Waals surface area contributed by atoms with Gasteiger partial charge in [-0.05, 0) is 41.8 Å². The second-order valence-electron chi connectivity index (χ2n) is 7.90. The van der Waals surface area contributed by atoms with Crippen LogP contribution in [0.1, 0.15) is 32.7 Å². The lowest BCUT2D eigenvalue weighted by Crippen LogP contribution is -2.18. The Hall–Kier alpha value is -4.08. The number of nitrogens with zero attached hydrogens (tertiary/aromatic N) is 3. The molecule has 1 aliphatic rings. The number of ether oxygens (including phenoxy) is 1. The van der Waals surface area contributed by atoms with Gasteiger partial charge in [0.05, 0.1) is 13.3 Å². The molecule has 0 atom stereocenters. The van der Waals surface area contributed by atoms with Crippen LogP contribution in [0.5, 0.6) is 5.75 Å². The van der Waals surface area contributed by atoms with Crippen molar-refractivity contribution in [2.45, 2.75) is 19.0 Å². The fraction of sp³-hybridized carbons (Fsp3) is 0.208. The van der Waals surface area contributed by atoms with E-state index in [4.69, 9.17) is 4.74 Å². The molecule has 0 unspecified atom stereocenters. The van der Waals surface area contributed by atoms with Crippen molar-refractivity contribution in [3.63, 3.8) is 0 Å². The molecule has 0 saturated carbocycles. The summed E-state index contributed by atoms with van der Waals surface area (Å²) in [5.74, 6) is -0.823. The number of halogens is 3. The van der Waals surface area contributed by atoms with Crippen molar-refractivity contribution in [2.75, 3.05) is 24.3 Å². The Balaban J connectivity index is 1.58. The maximum atomic E-state index is 14.2. The molecule has 10 heteroatoms. The van der Waals surface area contributed by atoms with Crippen molar-refractivity contribution in [1.82, 2.24) is 14.4 Å². The molecule has 0 aliphatic carbocycles. The average Bonchev–Trinajstić information content (AvgIpc) is 3.45. The van der Waals surface area contributed by atoms with E-state index in [2.05, 4.69) is 20.6 Å². The quantitative estimate of drug-likeness (QED) is 0.450. The lowest BCUT2D eigenvalue weighted by molar-refractivity contribution is -0.139. The largest absolute Gasteiger partial charge is 0.496 e. The molecule has 34 heavy (non-hydrogen) atoms. The summed E-state index contributed by atoms with van der Waals surface area (Å²) in [6, 6.07) is 7.88. The number of hydrogen-bond donors (Lipinski definition) is 2. The van der Waals surface area contributed by atoms with Crippen LogP contribution >= 0.6 is 0 Å². The highest BCUT2D eigenvalue weighted by Gasteiger charge is 2.38. The Kier molecular flexibility index (Phi) is 5.35. The molecule has 2 aromatic carbocycles. The van der Waals surface area contributed by atoms with Crippen LogP contribution in [0.4, 0.5) is 24.5 Å². The van der Waals surface area contributed by atoms with Crippen LogP contribution in [-0.4, -0.2) is 33.9 Å². The van der Waals surface area contributed by atoms with Crippen molar-refractivity contribution in [2.24, 2.45) is 0 Å². The van der Waals surface area contributed by atoms with Crippen molar-refractivity contribution in [3.8, 4) is 5.75 Å². The van der Waals surface area contributed by atoms with Crippen molar-refractivity contribution >= 4 is 22.9 Å². The van der Waals surface area contributed by atoms with Gasteiger partial charge in [-0.2, -0.15) is 13.2 Å². The van der Waals surface area contributed by atoms with Gasteiger partial charge in [-0.15, -0.1) is 0 Å². The van der Waals surface area contributed by atoms with E-state index in [1.165, 1.54) is 37.8 Å². The van der Waals surface area contributed by atoms with Crippen LogP contribution in [0.3, 0.4) is 0 Å². The zero-order valence-electron chi connectivity index (χ0n) is 18.1. The first-order valence-corrected chi connectivity index (χ1v) is 10.6. The fourth-order valence-corrected chi connectivity index (χ4v) is 4.24. The van der Waals surface area contributed by atoms with Gasteiger partial charge in [-0.3, -0.25) is 9.78 Å². The molecule has 4 aromatic rings. The van der Waals surface area contributed by atoms with Crippen LogP contribution in [0, 0.1) is 0 Å². The number of methoxy groups -OCH3 is 1. The highest BCUT2D eigenvalue weighted by Crippen LogP contribution is 2.42. The Bertz CT molecular complexity index is 1400. The smallest absolute Gasteiger partial charge is 0.420 e. The Morgan fingerprint density at radius 3 is 2.88 bits per heavy atom. The molecular weight excluding hydrogens is 447 g/mol. The maximum absolute atomic E-state index is 14.2. The summed E-state index contributed by atoms with van der Waals surface area (Å²) in [5, 5.41) is 5.88. The van der Waals surface area contributed by atoms with Crippen LogP contribution in [0.15, 0.2) is 55.1 Å². The molecule has 2 aromatic heterocycles. The number of carbonyl (C=O) groups excluding carboxylic acids is 1. The molecular formula is C24H20F3N5O2. The van der Waals surface area contributed by atoms with Gasteiger partial charge in [-0.25, -0.2) is 4.98 Å². The van der Waals surface area contributed by atoms with Gasteiger partial charge >= 0.3 is 6.18 Å². The molecule has 0 radical (unpaired) electrons. The molecule has 3 heterocycles. The van der Waals surface area contributed by atoms with E-state index in [1.807, 2.05) is 6.07 Å². The summed E-state index contributed by atoms with van der Waals surface area (Å²) in [6.45, 7) is 0.785. The number of rotatable bonds is 5. The molecule has 2 N–H and O–H groups in total. The number of anilines is 2. The summed E-state index contributed by atoms with van der Waals surface area (Å²) in [4.78, 5) is 21.2. The zero-order valence-corrected chi connectivity index (χ0v) is 18.1. The second kappa shape index (κ2) is 8.36. The van der Waals surface area contributed by atoms with Crippen LogP contribution in [-0.2, 0) is 19.0 Å². The van der Waals surface area contributed by atoms with Crippen LogP contribution in [0.2, 0.25) is 0 Å². The Labute approximate surface area is 192 Å². The third-order valence-electron chi connectivity index (χ3n) is 5.86. The lowest BCUT2D eigenvalue weighted by Gasteiger charge is -2.20. The minimum Gasteiger partial charge on any atom is -0.496 e. The number of nitrogens with one attached hydrogen (secondary N) is 2. The van der Waals surface area contributed by atoms with Crippen molar-refractivity contribution in [3.05, 3.63) is 83.1 Å². The van der Waals surface area contributed by atoms with Gasteiger partial charge in [0.25, 0.3) is 5.91 Å². The van der Waals surface area contributed by atoms with E-state index >= 15 is 0 Å². The summed E-state index contributed by atoms with van der Waals surface area (Å²) < 4.78 is 49.3. The topological polar surface area (TPSA) is 80.5 Å². The van der Waals surface area contributed by atoms with Gasteiger partial charge in [-0.1, -0.05) is 6.07 Å². The number of amides is 1. The van der Waals surface area contributed by atoms with E-state index in [9.17, 15) is 18.0 Å². The number of carbonyl (C=O) groups is 1. The summed E-state index contributed by atoms with van der Waals surface area (Å²) in [7, 11) is 1.18. The normalized spacial score (nSPS) is 12.9. The third-order valence-corrected chi connectivity index (χ3v) is 5.86. The van der Waals surface area contributed by atoms with Gasteiger partial charge in [0.1, 0.15) is 11.3 Å². The Morgan fingerprint density at radius 1 is 1.24 bits per heavy atom. The molecule has 1 amide bonds. The standard InChI is InChI=1S/C24H20F3N5O2/c1-34-20-5-4-18(31-23(33)15-3-2-14-6-7-29-19(14)10-15)17(22(20)24(25,26)27)11-16-12-30-21-13-28-8-9-32(16)21/h2-5,8-10,12-13,29H,6-7,11H2,1H3,(H,31,33). The van der Waals surface area contributed by atoms with Crippen molar-refractivity contribution < 1.29 is 22.7 Å². The minimum atomic E-state index is -4.71. The SMILES string of the molecule is COc1ccc(NC(=O)c2ccc3c(c2)NCC3)c(Cc2cnc3cnccn23)c1C(F)(F)F. The molecule has 7 nitrogen and oxygen atoms in total. The second-order valence-corrected chi connectivity index (χ2v) is 7.90. The predicted octanol–water partition coefficient (Wildman–Crippen LogP) is 4.57. The van der Waals surface area contributed by atoms with E-state index < -0.39 is 17.6 Å². The number of alkyl halides is 3. The minimum absolute atomic E-state index is 0.0515. The first kappa shape index (κ1) is 21.7. The molecule has 0 spiro atoms. The summed E-state index contributed by atoms with van der Waals surface area (Å²) in [5.41, 5.74) is 2.32.